The number of amides is 1. The highest BCUT2D eigenvalue weighted by atomic mass is 32.2. The van der Waals surface area contributed by atoms with Crippen LogP contribution in [0.2, 0.25) is 0 Å². The van der Waals surface area contributed by atoms with E-state index < -0.39 is 16.1 Å². The zero-order valence-electron chi connectivity index (χ0n) is 14.0. The van der Waals surface area contributed by atoms with Gasteiger partial charge in [0.15, 0.2) is 11.5 Å². The third-order valence-corrected chi connectivity index (χ3v) is 7.26. The average molecular weight is 392 g/mol. The predicted molar refractivity (Wildman–Crippen MR) is 95.4 cm³/mol. The van der Waals surface area contributed by atoms with Crippen LogP contribution in [0.5, 0.6) is 0 Å². The normalized spacial score (nSPS) is 19.2. The van der Waals surface area contributed by atoms with Crippen LogP contribution in [-0.4, -0.2) is 42.4 Å². The molecule has 10 heteroatoms. The van der Waals surface area contributed by atoms with Gasteiger partial charge in [0.1, 0.15) is 11.5 Å². The summed E-state index contributed by atoms with van der Waals surface area (Å²) in [5.74, 6) is 0.975. The first-order valence-electron chi connectivity index (χ1n) is 7.83. The van der Waals surface area contributed by atoms with Crippen molar-refractivity contribution in [2.75, 3.05) is 13.6 Å². The minimum absolute atomic E-state index is 0.177. The van der Waals surface area contributed by atoms with Gasteiger partial charge in [-0.05, 0) is 30.5 Å². The van der Waals surface area contributed by atoms with E-state index in [-0.39, 0.29) is 23.0 Å². The largest absolute Gasteiger partial charge is 0.460 e. The number of rotatable bonds is 3. The van der Waals surface area contributed by atoms with Crippen LogP contribution in [0, 0.1) is 6.92 Å². The summed E-state index contributed by atoms with van der Waals surface area (Å²) in [6, 6.07) is 6.37. The zero-order chi connectivity index (χ0) is 18.5. The highest BCUT2D eigenvalue weighted by molar-refractivity contribution is 7.89. The number of carbonyl (C=O) groups excluding carboxylic acids is 1. The third-order valence-electron chi connectivity index (χ3n) is 4.22. The Bertz CT molecular complexity index is 1080. The molecule has 0 radical (unpaired) electrons. The number of sulfonamides is 1. The first-order chi connectivity index (χ1) is 12.4. The summed E-state index contributed by atoms with van der Waals surface area (Å²) in [6.45, 7) is 2.01. The summed E-state index contributed by atoms with van der Waals surface area (Å²) in [5.41, 5.74) is 0.812. The van der Waals surface area contributed by atoms with Crippen LogP contribution in [0.25, 0.3) is 11.5 Å². The first kappa shape index (κ1) is 17.0. The van der Waals surface area contributed by atoms with Crippen LogP contribution in [0.1, 0.15) is 27.2 Å². The molecule has 2 N–H and O–H groups in total. The fraction of sp³-hybridized carbons (Fsp3) is 0.250. The number of aromatic nitrogens is 2. The summed E-state index contributed by atoms with van der Waals surface area (Å²) in [7, 11) is -1.98. The number of aryl methyl sites for hydroxylation is 1. The molecule has 0 unspecified atom stereocenters. The number of likely N-dealkylation sites (N-methyl/N-ethyl adjacent to an activating group) is 1. The quantitative estimate of drug-likeness (QED) is 0.710. The number of furan rings is 1. The minimum Gasteiger partial charge on any atom is -0.460 e. The molecule has 0 saturated carbocycles. The van der Waals surface area contributed by atoms with Gasteiger partial charge in [-0.3, -0.25) is 9.89 Å². The number of aromatic amines is 1. The summed E-state index contributed by atoms with van der Waals surface area (Å²) in [4.78, 5) is 13.5. The molecule has 0 fully saturated rings. The summed E-state index contributed by atoms with van der Waals surface area (Å²) in [6.07, 6.45) is 0. The monoisotopic (exact) mass is 392 g/mol. The standard InChI is InChI=1S/C16H16N4O4S2/c1-9-3-4-13(24-9)10-7-11(19-18-10)16(21)17-12-8-20(2)26(22,23)14-5-6-25-15(12)14/h3-7,12H,8H2,1-2H3,(H,17,21)(H,18,19)/t12-/m0/s1. The van der Waals surface area contributed by atoms with E-state index in [1.54, 1.807) is 23.6 Å². The SMILES string of the molecule is Cc1ccc(-c2cc(C(=O)N[C@H]3CN(C)S(=O)(=O)c4ccsc43)n[nH]2)o1. The lowest BCUT2D eigenvalue weighted by atomic mass is 10.2. The van der Waals surface area contributed by atoms with Gasteiger partial charge in [-0.2, -0.15) is 9.40 Å². The molecule has 0 aliphatic carbocycles. The average Bonchev–Trinajstić information content (AvgIpc) is 3.32. The fourth-order valence-corrected chi connectivity index (χ4v) is 5.57. The van der Waals surface area contributed by atoms with Crippen LogP contribution in [0.15, 0.2) is 39.0 Å². The van der Waals surface area contributed by atoms with Gasteiger partial charge in [0.25, 0.3) is 5.91 Å². The maximum Gasteiger partial charge on any atom is 0.272 e. The van der Waals surface area contributed by atoms with E-state index in [1.165, 1.54) is 22.7 Å². The lowest BCUT2D eigenvalue weighted by molar-refractivity contribution is 0.0926. The van der Waals surface area contributed by atoms with Crippen molar-refractivity contribution in [3.05, 3.63) is 46.0 Å². The fourth-order valence-electron chi connectivity index (χ4n) is 2.87. The van der Waals surface area contributed by atoms with Gasteiger partial charge in [-0.25, -0.2) is 8.42 Å². The molecular formula is C16H16N4O4S2. The molecular weight excluding hydrogens is 376 g/mol. The summed E-state index contributed by atoms with van der Waals surface area (Å²) < 4.78 is 31.4. The summed E-state index contributed by atoms with van der Waals surface area (Å²) >= 11 is 1.32. The second-order valence-corrected chi connectivity index (χ2v) is 9.00. The second-order valence-electron chi connectivity index (χ2n) is 6.04. The molecule has 3 aromatic heterocycles. The third kappa shape index (κ3) is 2.75. The number of H-pyrrole nitrogens is 1. The highest BCUT2D eigenvalue weighted by Gasteiger charge is 2.36. The van der Waals surface area contributed by atoms with Gasteiger partial charge in [0.2, 0.25) is 10.0 Å². The van der Waals surface area contributed by atoms with Gasteiger partial charge in [0, 0.05) is 24.5 Å². The smallest absolute Gasteiger partial charge is 0.272 e. The first-order valence-corrected chi connectivity index (χ1v) is 10.1. The Morgan fingerprint density at radius 1 is 1.42 bits per heavy atom. The molecule has 4 heterocycles. The minimum atomic E-state index is -3.48. The van der Waals surface area contributed by atoms with Crippen molar-refractivity contribution in [1.82, 2.24) is 19.8 Å². The van der Waals surface area contributed by atoms with Gasteiger partial charge in [-0.1, -0.05) is 0 Å². The molecule has 3 aromatic rings. The van der Waals surface area contributed by atoms with E-state index in [4.69, 9.17) is 4.42 Å². The topological polar surface area (TPSA) is 108 Å². The van der Waals surface area contributed by atoms with E-state index in [2.05, 4.69) is 15.5 Å². The zero-order valence-corrected chi connectivity index (χ0v) is 15.6. The Balaban J connectivity index is 1.57. The molecule has 26 heavy (non-hydrogen) atoms. The number of nitrogens with one attached hydrogen (secondary N) is 2. The molecule has 1 amide bonds. The number of thiophene rings is 1. The van der Waals surface area contributed by atoms with Crippen molar-refractivity contribution < 1.29 is 17.6 Å². The van der Waals surface area contributed by atoms with Crippen LogP contribution in [0.4, 0.5) is 0 Å². The molecule has 1 aliphatic heterocycles. The molecule has 1 atom stereocenters. The lowest BCUT2D eigenvalue weighted by Gasteiger charge is -2.29. The highest BCUT2D eigenvalue weighted by Crippen LogP contribution is 2.35. The van der Waals surface area contributed by atoms with Crippen LogP contribution in [0.3, 0.4) is 0 Å². The number of hydrogen-bond acceptors (Lipinski definition) is 6. The van der Waals surface area contributed by atoms with Crippen molar-refractivity contribution in [2.45, 2.75) is 17.9 Å². The van der Waals surface area contributed by atoms with Crippen LogP contribution in [-0.2, 0) is 10.0 Å². The number of nitrogens with zero attached hydrogens (tertiary/aromatic N) is 2. The maximum absolute atomic E-state index is 12.6. The Kier molecular flexibility index (Phi) is 3.98. The van der Waals surface area contributed by atoms with E-state index in [9.17, 15) is 13.2 Å². The van der Waals surface area contributed by atoms with Crippen LogP contribution >= 0.6 is 11.3 Å². The number of hydrogen-bond donors (Lipinski definition) is 2. The molecule has 1 aliphatic rings. The van der Waals surface area contributed by atoms with E-state index >= 15 is 0 Å². The number of carbonyl (C=O) groups is 1. The molecule has 0 saturated heterocycles. The molecule has 0 bridgehead atoms. The Morgan fingerprint density at radius 2 is 2.23 bits per heavy atom. The van der Waals surface area contributed by atoms with Crippen molar-refractivity contribution >= 4 is 27.3 Å². The molecule has 8 nitrogen and oxygen atoms in total. The van der Waals surface area contributed by atoms with E-state index in [0.29, 0.717) is 16.3 Å². The van der Waals surface area contributed by atoms with Gasteiger partial charge in [0.05, 0.1) is 10.9 Å². The molecule has 0 aromatic carbocycles. The van der Waals surface area contributed by atoms with Crippen molar-refractivity contribution in [1.29, 1.82) is 0 Å². The molecule has 4 rings (SSSR count). The Morgan fingerprint density at radius 3 is 2.96 bits per heavy atom. The van der Waals surface area contributed by atoms with E-state index in [1.807, 2.05) is 13.0 Å². The predicted octanol–water partition coefficient (Wildman–Crippen LogP) is 2.14. The number of fused-ring (bicyclic) bond motifs is 1. The van der Waals surface area contributed by atoms with Gasteiger partial charge >= 0.3 is 0 Å². The van der Waals surface area contributed by atoms with E-state index in [0.717, 1.165) is 5.76 Å². The van der Waals surface area contributed by atoms with Gasteiger partial charge in [-0.15, -0.1) is 11.3 Å². The van der Waals surface area contributed by atoms with Crippen molar-refractivity contribution in [2.24, 2.45) is 0 Å². The summed E-state index contributed by atoms with van der Waals surface area (Å²) in [5, 5.41) is 11.4. The Labute approximate surface area is 153 Å². The molecule has 0 spiro atoms. The molecule has 136 valence electrons. The van der Waals surface area contributed by atoms with Gasteiger partial charge < -0.3 is 9.73 Å². The maximum atomic E-state index is 12.6. The van der Waals surface area contributed by atoms with Crippen molar-refractivity contribution in [3.8, 4) is 11.5 Å². The van der Waals surface area contributed by atoms with Crippen LogP contribution < -0.4 is 5.32 Å². The van der Waals surface area contributed by atoms with Crippen molar-refractivity contribution in [3.63, 3.8) is 0 Å². The Hall–Kier alpha value is -2.43. The second kappa shape index (κ2) is 6.08. The lowest BCUT2D eigenvalue weighted by Crippen LogP contribution is -2.42.